The van der Waals surface area contributed by atoms with Gasteiger partial charge < -0.3 is 10.2 Å². The second kappa shape index (κ2) is 7.00. The molecule has 0 amide bonds. The smallest absolute Gasteiger partial charge is 0.147 e. The van der Waals surface area contributed by atoms with Crippen LogP contribution in [0.1, 0.15) is 31.7 Å². The largest absolute Gasteiger partial charge is 0.409 e. The fourth-order valence-electron chi connectivity index (χ4n) is 1.91. The van der Waals surface area contributed by atoms with Crippen LogP contribution in [0.25, 0.3) is 0 Å². The van der Waals surface area contributed by atoms with Crippen molar-refractivity contribution in [2.24, 2.45) is 0 Å². The molecular formula is C16H22N2O. The van der Waals surface area contributed by atoms with Crippen molar-refractivity contribution in [1.29, 1.82) is 0 Å². The van der Waals surface area contributed by atoms with Crippen LogP contribution in [0.4, 0.5) is 0 Å². The highest BCUT2D eigenvalue weighted by Gasteiger charge is 2.00. The molecule has 0 saturated heterocycles. The van der Waals surface area contributed by atoms with E-state index in [-0.39, 0.29) is 0 Å². The summed E-state index contributed by atoms with van der Waals surface area (Å²) < 4.78 is 0. The molecule has 1 aromatic rings. The Bertz CT molecular complexity index is 446. The molecule has 2 N–H and O–H groups in total. The SMILES string of the molecule is CC(C)c1ccc(ONCCC2=CC=CCN2)cc1. The van der Waals surface area contributed by atoms with Gasteiger partial charge in [0.1, 0.15) is 5.75 Å². The molecule has 2 rings (SSSR count). The monoisotopic (exact) mass is 258 g/mol. The minimum atomic E-state index is 0.555. The number of hydroxylamine groups is 1. The number of dihydropyridines is 1. The van der Waals surface area contributed by atoms with Crippen LogP contribution in [-0.4, -0.2) is 13.1 Å². The summed E-state index contributed by atoms with van der Waals surface area (Å²) in [5.74, 6) is 1.41. The lowest BCUT2D eigenvalue weighted by molar-refractivity contribution is 0.197. The van der Waals surface area contributed by atoms with Crippen LogP contribution in [0.3, 0.4) is 0 Å². The van der Waals surface area contributed by atoms with E-state index >= 15 is 0 Å². The van der Waals surface area contributed by atoms with Gasteiger partial charge in [-0.05, 0) is 29.7 Å². The molecule has 0 saturated carbocycles. The predicted molar refractivity (Wildman–Crippen MR) is 79.0 cm³/mol. The summed E-state index contributed by atoms with van der Waals surface area (Å²) in [6, 6.07) is 8.22. The van der Waals surface area contributed by atoms with Crippen LogP contribution in [0.15, 0.2) is 48.2 Å². The normalized spacial score (nSPS) is 14.2. The molecule has 0 aliphatic carbocycles. The van der Waals surface area contributed by atoms with E-state index in [0.29, 0.717) is 5.92 Å². The summed E-state index contributed by atoms with van der Waals surface area (Å²) in [7, 11) is 0. The van der Waals surface area contributed by atoms with Gasteiger partial charge >= 0.3 is 0 Å². The first-order valence-electron chi connectivity index (χ1n) is 6.85. The van der Waals surface area contributed by atoms with Gasteiger partial charge in [0.2, 0.25) is 0 Å². The van der Waals surface area contributed by atoms with E-state index in [0.717, 1.165) is 25.3 Å². The number of allylic oxidation sites excluding steroid dienone is 2. The number of nitrogens with one attached hydrogen (secondary N) is 2. The van der Waals surface area contributed by atoms with Gasteiger partial charge in [-0.1, -0.05) is 38.1 Å². The van der Waals surface area contributed by atoms with Crippen molar-refractivity contribution >= 4 is 0 Å². The van der Waals surface area contributed by atoms with Crippen LogP contribution in [-0.2, 0) is 0 Å². The maximum Gasteiger partial charge on any atom is 0.147 e. The zero-order valence-electron chi connectivity index (χ0n) is 11.6. The van der Waals surface area contributed by atoms with Crippen LogP contribution in [0.2, 0.25) is 0 Å². The highest BCUT2D eigenvalue weighted by Crippen LogP contribution is 2.17. The Balaban J connectivity index is 1.70. The number of hydrogen-bond acceptors (Lipinski definition) is 3. The Labute approximate surface area is 115 Å². The average Bonchev–Trinajstić information content (AvgIpc) is 2.45. The number of rotatable bonds is 6. The van der Waals surface area contributed by atoms with E-state index in [1.54, 1.807) is 0 Å². The van der Waals surface area contributed by atoms with Crippen molar-refractivity contribution in [3.8, 4) is 5.75 Å². The van der Waals surface area contributed by atoms with Gasteiger partial charge in [-0.15, -0.1) is 0 Å². The highest BCUT2D eigenvalue weighted by molar-refractivity contribution is 5.28. The summed E-state index contributed by atoms with van der Waals surface area (Å²) in [4.78, 5) is 5.51. The van der Waals surface area contributed by atoms with E-state index in [1.165, 1.54) is 11.3 Å². The molecule has 1 aliphatic heterocycles. The average molecular weight is 258 g/mol. The molecule has 1 heterocycles. The number of hydrogen-bond donors (Lipinski definition) is 2. The van der Waals surface area contributed by atoms with E-state index < -0.39 is 0 Å². The van der Waals surface area contributed by atoms with Crippen LogP contribution in [0.5, 0.6) is 5.75 Å². The fraction of sp³-hybridized carbons (Fsp3) is 0.375. The molecule has 3 nitrogen and oxygen atoms in total. The lowest BCUT2D eigenvalue weighted by atomic mass is 10.0. The molecule has 0 fully saturated rings. The summed E-state index contributed by atoms with van der Waals surface area (Å²) in [5, 5.41) is 3.32. The molecule has 0 bridgehead atoms. The minimum Gasteiger partial charge on any atom is -0.409 e. The van der Waals surface area contributed by atoms with E-state index in [4.69, 9.17) is 4.84 Å². The van der Waals surface area contributed by atoms with E-state index in [9.17, 15) is 0 Å². The van der Waals surface area contributed by atoms with Crippen molar-refractivity contribution in [1.82, 2.24) is 10.8 Å². The van der Waals surface area contributed by atoms with Gasteiger partial charge in [-0.25, -0.2) is 0 Å². The quantitative estimate of drug-likeness (QED) is 0.607. The molecule has 0 aromatic heterocycles. The Morgan fingerprint density at radius 3 is 2.68 bits per heavy atom. The maximum absolute atomic E-state index is 5.51. The molecule has 1 aromatic carbocycles. The molecule has 1 aliphatic rings. The van der Waals surface area contributed by atoms with Gasteiger partial charge in [0.25, 0.3) is 0 Å². The summed E-state index contributed by atoms with van der Waals surface area (Å²) in [5.41, 5.74) is 5.57. The molecule has 102 valence electrons. The molecule has 3 heteroatoms. The van der Waals surface area contributed by atoms with Crippen LogP contribution < -0.4 is 15.6 Å². The Morgan fingerprint density at radius 2 is 2.05 bits per heavy atom. The summed E-state index contributed by atoms with van der Waals surface area (Å²) in [6.07, 6.45) is 7.22. The van der Waals surface area contributed by atoms with Crippen molar-refractivity contribution in [3.63, 3.8) is 0 Å². The zero-order chi connectivity index (χ0) is 13.5. The molecule has 0 unspecified atom stereocenters. The number of benzene rings is 1. The van der Waals surface area contributed by atoms with Crippen molar-refractivity contribution in [3.05, 3.63) is 53.8 Å². The standard InChI is InChI=1S/C16H22N2O/c1-13(2)14-6-8-16(9-7-14)19-18-12-10-15-5-3-4-11-17-15/h3-9,13,17-18H,10-12H2,1-2H3. The van der Waals surface area contributed by atoms with Crippen LogP contribution in [0, 0.1) is 0 Å². The third-order valence-electron chi connectivity index (χ3n) is 3.11. The minimum absolute atomic E-state index is 0.555. The van der Waals surface area contributed by atoms with Crippen molar-refractivity contribution < 1.29 is 4.84 Å². The van der Waals surface area contributed by atoms with Crippen molar-refractivity contribution in [2.45, 2.75) is 26.2 Å². The lowest BCUT2D eigenvalue weighted by Gasteiger charge is -2.13. The van der Waals surface area contributed by atoms with Crippen LogP contribution >= 0.6 is 0 Å². The second-order valence-electron chi connectivity index (χ2n) is 4.97. The van der Waals surface area contributed by atoms with E-state index in [1.807, 2.05) is 12.1 Å². The molecular weight excluding hydrogens is 236 g/mol. The molecule has 0 atom stereocenters. The third kappa shape index (κ3) is 4.45. The first-order valence-corrected chi connectivity index (χ1v) is 6.85. The van der Waals surface area contributed by atoms with Gasteiger partial charge in [0.05, 0.1) is 0 Å². The fourth-order valence-corrected chi connectivity index (χ4v) is 1.91. The van der Waals surface area contributed by atoms with Gasteiger partial charge in [0.15, 0.2) is 0 Å². The second-order valence-corrected chi connectivity index (χ2v) is 4.97. The van der Waals surface area contributed by atoms with Gasteiger partial charge in [-0.3, -0.25) is 0 Å². The van der Waals surface area contributed by atoms with Gasteiger partial charge in [-0.2, -0.15) is 5.48 Å². The first kappa shape index (κ1) is 13.7. The summed E-state index contributed by atoms with van der Waals surface area (Å²) >= 11 is 0. The Morgan fingerprint density at radius 1 is 1.26 bits per heavy atom. The lowest BCUT2D eigenvalue weighted by Crippen LogP contribution is -2.24. The van der Waals surface area contributed by atoms with E-state index in [2.05, 4.69) is 55.0 Å². The van der Waals surface area contributed by atoms with Gasteiger partial charge in [0, 0.05) is 25.2 Å². The zero-order valence-corrected chi connectivity index (χ0v) is 11.6. The van der Waals surface area contributed by atoms with Crippen molar-refractivity contribution in [2.75, 3.05) is 13.1 Å². The Hall–Kier alpha value is -1.74. The Kier molecular flexibility index (Phi) is 5.04. The first-order chi connectivity index (χ1) is 9.25. The maximum atomic E-state index is 5.51. The molecule has 0 radical (unpaired) electrons. The summed E-state index contributed by atoms with van der Waals surface area (Å²) in [6.45, 7) is 6.09. The third-order valence-corrected chi connectivity index (χ3v) is 3.11. The molecule has 0 spiro atoms. The predicted octanol–water partition coefficient (Wildman–Crippen LogP) is 3.13. The highest BCUT2D eigenvalue weighted by atomic mass is 16.6. The molecule has 19 heavy (non-hydrogen) atoms. The topological polar surface area (TPSA) is 33.3 Å².